The molecule has 0 N–H and O–H groups in total. The molecular weight excluding hydrogens is 154 g/mol. The normalized spacial score (nSPS) is 9.50. The Morgan fingerprint density at radius 1 is 1.33 bits per heavy atom. The van der Waals surface area contributed by atoms with Crippen LogP contribution in [0.25, 0.3) is 0 Å². The third kappa shape index (κ3) is 2.05. The van der Waals surface area contributed by atoms with Gasteiger partial charge in [0, 0.05) is 0 Å². The van der Waals surface area contributed by atoms with E-state index in [4.69, 9.17) is 0 Å². The van der Waals surface area contributed by atoms with Crippen LogP contribution in [-0.4, -0.2) is 0 Å². The molecule has 1 aromatic carbocycles. The Balaban J connectivity index is 2.75. The van der Waals surface area contributed by atoms with E-state index in [2.05, 4.69) is 10.2 Å². The van der Waals surface area contributed by atoms with Gasteiger partial charge in [0.25, 0.3) is 0 Å². The molecule has 1 rings (SSSR count). The summed E-state index contributed by atoms with van der Waals surface area (Å²) in [6, 6.07) is 5.91. The van der Waals surface area contributed by atoms with Crippen LogP contribution in [0.15, 0.2) is 23.5 Å². The lowest BCUT2D eigenvalue weighted by atomic mass is 10.1. The second kappa shape index (κ2) is 3.85. The molecule has 0 saturated carbocycles. The number of hydrogen-bond donors (Lipinski definition) is 0. The van der Waals surface area contributed by atoms with E-state index in [-0.39, 0.29) is 6.61 Å². The maximum atomic E-state index is 9.66. The molecule has 0 heterocycles. The number of nitrogens with zero attached hydrogens (tertiary/aromatic N) is 1. The van der Waals surface area contributed by atoms with E-state index in [1.165, 1.54) is 11.1 Å². The molecule has 3 nitrogen and oxygen atoms in total. The minimum Gasteiger partial charge on any atom is -0.359 e. The minimum atomic E-state index is 0.255. The van der Waals surface area contributed by atoms with Crippen LogP contribution in [-0.2, 0) is 11.4 Å². The third-order valence-corrected chi connectivity index (χ3v) is 1.86. The van der Waals surface area contributed by atoms with Crippen molar-refractivity contribution in [3.8, 4) is 0 Å². The van der Waals surface area contributed by atoms with Crippen molar-refractivity contribution < 1.29 is 4.84 Å². The van der Waals surface area contributed by atoms with Gasteiger partial charge in [-0.25, -0.2) is 0 Å². The fourth-order valence-corrected chi connectivity index (χ4v) is 0.994. The Hall–Kier alpha value is -1.38. The molecule has 0 unspecified atom stereocenters. The van der Waals surface area contributed by atoms with Crippen LogP contribution in [0.3, 0.4) is 0 Å². The van der Waals surface area contributed by atoms with Crippen LogP contribution >= 0.6 is 0 Å². The molecule has 0 radical (unpaired) electrons. The second-order valence-electron chi connectivity index (χ2n) is 2.77. The van der Waals surface area contributed by atoms with Gasteiger partial charge in [0.15, 0.2) is 5.34 Å². The van der Waals surface area contributed by atoms with Crippen molar-refractivity contribution in [3.63, 3.8) is 0 Å². The predicted molar refractivity (Wildman–Crippen MR) is 46.5 cm³/mol. The minimum absolute atomic E-state index is 0.255. The molecule has 64 valence electrons. The van der Waals surface area contributed by atoms with Crippen molar-refractivity contribution in [1.82, 2.24) is 0 Å². The first-order chi connectivity index (χ1) is 5.74. The maximum absolute atomic E-state index is 9.66. The molecule has 0 aliphatic carbocycles. The van der Waals surface area contributed by atoms with E-state index in [0.717, 1.165) is 5.56 Å². The molecule has 0 atom stereocenters. The zero-order valence-corrected chi connectivity index (χ0v) is 7.20. The molecule has 3 heteroatoms. The average molecular weight is 165 g/mol. The van der Waals surface area contributed by atoms with E-state index in [9.17, 15) is 4.91 Å². The first-order valence-corrected chi connectivity index (χ1v) is 3.75. The van der Waals surface area contributed by atoms with E-state index >= 15 is 0 Å². The summed E-state index contributed by atoms with van der Waals surface area (Å²) in [7, 11) is 0. The van der Waals surface area contributed by atoms with Crippen molar-refractivity contribution in [2.45, 2.75) is 20.5 Å². The maximum Gasteiger partial charge on any atom is 0.155 e. The van der Waals surface area contributed by atoms with Gasteiger partial charge in [-0.1, -0.05) is 18.2 Å². The summed E-state index contributed by atoms with van der Waals surface area (Å²) in [5.74, 6) is 0. The highest BCUT2D eigenvalue weighted by Gasteiger charge is 1.96. The predicted octanol–water partition coefficient (Wildman–Crippen LogP) is 2.50. The first-order valence-electron chi connectivity index (χ1n) is 3.75. The second-order valence-corrected chi connectivity index (χ2v) is 2.77. The van der Waals surface area contributed by atoms with Gasteiger partial charge in [-0.15, -0.1) is 4.91 Å². The van der Waals surface area contributed by atoms with E-state index in [0.29, 0.717) is 0 Å². The number of aryl methyl sites for hydroxylation is 2. The summed E-state index contributed by atoms with van der Waals surface area (Å²) in [5.41, 5.74) is 3.40. The molecule has 0 spiro atoms. The van der Waals surface area contributed by atoms with Gasteiger partial charge in [0.05, 0.1) is 0 Å². The molecule has 0 bridgehead atoms. The lowest BCUT2D eigenvalue weighted by Gasteiger charge is -2.02. The fourth-order valence-electron chi connectivity index (χ4n) is 0.994. The first kappa shape index (κ1) is 8.71. The molecule has 0 amide bonds. The van der Waals surface area contributed by atoms with Gasteiger partial charge >= 0.3 is 0 Å². The van der Waals surface area contributed by atoms with Crippen LogP contribution in [0, 0.1) is 18.8 Å². The van der Waals surface area contributed by atoms with E-state index in [1.54, 1.807) is 0 Å². The highest BCUT2D eigenvalue weighted by Crippen LogP contribution is 2.10. The van der Waals surface area contributed by atoms with Crippen LogP contribution < -0.4 is 0 Å². The molecule has 1 aromatic rings. The zero-order chi connectivity index (χ0) is 8.97. The Bertz CT molecular complexity index is 284. The van der Waals surface area contributed by atoms with Crippen molar-refractivity contribution in [2.24, 2.45) is 5.34 Å². The van der Waals surface area contributed by atoms with Gasteiger partial charge < -0.3 is 4.84 Å². The summed E-state index contributed by atoms with van der Waals surface area (Å²) in [6.45, 7) is 4.32. The Kier molecular flexibility index (Phi) is 2.80. The summed E-state index contributed by atoms with van der Waals surface area (Å²) in [5, 5.41) is 2.33. The van der Waals surface area contributed by atoms with Crippen LogP contribution in [0.4, 0.5) is 0 Å². The molecule has 0 aliphatic rings. The molecular formula is C9H11NO2. The fraction of sp³-hybridized carbons (Fsp3) is 0.333. The lowest BCUT2D eigenvalue weighted by molar-refractivity contribution is 0.126. The highest BCUT2D eigenvalue weighted by atomic mass is 16.7. The number of benzene rings is 1. The smallest absolute Gasteiger partial charge is 0.155 e. The van der Waals surface area contributed by atoms with Crippen LogP contribution in [0.2, 0.25) is 0 Å². The van der Waals surface area contributed by atoms with Crippen molar-refractivity contribution in [1.29, 1.82) is 0 Å². The summed E-state index contributed by atoms with van der Waals surface area (Å²) in [4.78, 5) is 14.0. The average Bonchev–Trinajstić information content (AvgIpc) is 2.07. The quantitative estimate of drug-likeness (QED) is 0.509. The van der Waals surface area contributed by atoms with Crippen molar-refractivity contribution in [2.75, 3.05) is 0 Å². The molecule has 0 aromatic heterocycles. The van der Waals surface area contributed by atoms with Crippen LogP contribution in [0.1, 0.15) is 16.7 Å². The highest BCUT2D eigenvalue weighted by molar-refractivity contribution is 5.29. The Labute approximate surface area is 71.3 Å². The number of hydrogen-bond acceptors (Lipinski definition) is 3. The standard InChI is InChI=1S/C9H11NO2/c1-7-3-4-9(5-8(7)2)6-12-10-11/h3-5H,6H2,1-2H3. The van der Waals surface area contributed by atoms with Gasteiger partial charge in [0.1, 0.15) is 6.61 Å². The molecule has 0 saturated heterocycles. The monoisotopic (exact) mass is 165 g/mol. The summed E-state index contributed by atoms with van der Waals surface area (Å²) in [6.07, 6.45) is 0. The van der Waals surface area contributed by atoms with E-state index < -0.39 is 0 Å². The number of rotatable bonds is 3. The Morgan fingerprint density at radius 2 is 2.08 bits per heavy atom. The third-order valence-electron chi connectivity index (χ3n) is 1.86. The van der Waals surface area contributed by atoms with Crippen molar-refractivity contribution in [3.05, 3.63) is 39.8 Å². The topological polar surface area (TPSA) is 38.7 Å². The van der Waals surface area contributed by atoms with Gasteiger partial charge in [-0.3, -0.25) is 0 Å². The Morgan fingerprint density at radius 3 is 2.67 bits per heavy atom. The summed E-state index contributed by atoms with van der Waals surface area (Å²) < 4.78 is 0. The molecule has 0 fully saturated rings. The molecule has 0 aliphatic heterocycles. The SMILES string of the molecule is Cc1ccc(CON=O)cc1C. The zero-order valence-electron chi connectivity index (χ0n) is 7.20. The van der Waals surface area contributed by atoms with Crippen molar-refractivity contribution >= 4 is 0 Å². The van der Waals surface area contributed by atoms with Crippen LogP contribution in [0.5, 0.6) is 0 Å². The van der Waals surface area contributed by atoms with E-state index in [1.807, 2.05) is 32.0 Å². The van der Waals surface area contributed by atoms with Gasteiger partial charge in [-0.2, -0.15) is 0 Å². The molecule has 12 heavy (non-hydrogen) atoms. The largest absolute Gasteiger partial charge is 0.359 e. The summed E-state index contributed by atoms with van der Waals surface area (Å²) >= 11 is 0. The van der Waals surface area contributed by atoms with Gasteiger partial charge in [-0.05, 0) is 30.5 Å². The van der Waals surface area contributed by atoms with Gasteiger partial charge in [0.2, 0.25) is 0 Å². The lowest BCUT2D eigenvalue weighted by Crippen LogP contribution is -1.88.